The van der Waals surface area contributed by atoms with Crippen molar-refractivity contribution in [2.24, 2.45) is 0 Å². The third-order valence-electron chi connectivity index (χ3n) is 6.45. The molecule has 0 atom stereocenters. The summed E-state index contributed by atoms with van der Waals surface area (Å²) >= 11 is 0. The van der Waals surface area contributed by atoms with Crippen LogP contribution in [0.1, 0.15) is 27.3 Å². The Bertz CT molecular complexity index is 1340. The minimum absolute atomic E-state index is 0.285. The first-order chi connectivity index (χ1) is 16.5. The van der Waals surface area contributed by atoms with Gasteiger partial charge in [-0.3, -0.25) is 9.69 Å². The molecule has 4 aromatic rings. The van der Waals surface area contributed by atoms with E-state index in [4.69, 9.17) is 0 Å². The second kappa shape index (κ2) is 9.32. The van der Waals surface area contributed by atoms with Crippen LogP contribution in [0.15, 0.2) is 54.6 Å². The maximum Gasteiger partial charge on any atom is 0.279 e. The van der Waals surface area contributed by atoms with Crippen LogP contribution >= 0.6 is 0 Å². The molecule has 3 heterocycles. The van der Waals surface area contributed by atoms with Crippen molar-refractivity contribution in [1.29, 1.82) is 0 Å². The highest BCUT2D eigenvalue weighted by Crippen LogP contribution is 2.20. The number of likely N-dealkylation sites (N-methyl/N-ethyl adjacent to an activating group) is 1. The first-order valence-corrected chi connectivity index (χ1v) is 11.6. The van der Waals surface area contributed by atoms with Crippen LogP contribution in [0.5, 0.6) is 0 Å². The molecule has 1 aliphatic heterocycles. The SMILES string of the molecule is Cc1ccccc1-n1nnc(C(=O)Nc2ccc3cc(CN4CCN(C)CC4)ccc3n2)c1C. The van der Waals surface area contributed by atoms with Crippen molar-refractivity contribution in [1.82, 2.24) is 29.8 Å². The van der Waals surface area contributed by atoms with E-state index in [0.29, 0.717) is 11.5 Å². The van der Waals surface area contributed by atoms with Gasteiger partial charge in [0.05, 0.1) is 16.9 Å². The first kappa shape index (κ1) is 22.2. The van der Waals surface area contributed by atoms with Crippen LogP contribution in [0.4, 0.5) is 5.82 Å². The summed E-state index contributed by atoms with van der Waals surface area (Å²) in [4.78, 5) is 22.4. The molecule has 0 aliphatic carbocycles. The summed E-state index contributed by atoms with van der Waals surface area (Å²) in [6.07, 6.45) is 0. The quantitative estimate of drug-likeness (QED) is 0.497. The number of benzene rings is 2. The van der Waals surface area contributed by atoms with Gasteiger partial charge in [-0.25, -0.2) is 9.67 Å². The van der Waals surface area contributed by atoms with E-state index < -0.39 is 0 Å². The minimum atomic E-state index is -0.323. The number of carbonyl (C=O) groups is 1. The van der Waals surface area contributed by atoms with Gasteiger partial charge in [-0.2, -0.15) is 0 Å². The summed E-state index contributed by atoms with van der Waals surface area (Å²) in [5.74, 6) is 0.171. The van der Waals surface area contributed by atoms with E-state index in [0.717, 1.165) is 54.9 Å². The minimum Gasteiger partial charge on any atom is -0.305 e. The number of pyridine rings is 1. The van der Waals surface area contributed by atoms with Crippen molar-refractivity contribution < 1.29 is 4.79 Å². The second-order valence-corrected chi connectivity index (χ2v) is 8.98. The van der Waals surface area contributed by atoms with Crippen LogP contribution < -0.4 is 5.32 Å². The molecule has 0 unspecified atom stereocenters. The van der Waals surface area contributed by atoms with Crippen molar-refractivity contribution >= 4 is 22.6 Å². The number of aryl methyl sites for hydroxylation is 1. The Morgan fingerprint density at radius 3 is 2.59 bits per heavy atom. The highest BCUT2D eigenvalue weighted by Gasteiger charge is 2.19. The predicted octanol–water partition coefficient (Wildman–Crippen LogP) is 3.43. The van der Waals surface area contributed by atoms with Crippen molar-refractivity contribution in [2.75, 3.05) is 38.5 Å². The number of piperazine rings is 1. The Morgan fingerprint density at radius 1 is 1.00 bits per heavy atom. The molecule has 1 amide bonds. The molecule has 8 heteroatoms. The first-order valence-electron chi connectivity index (χ1n) is 11.6. The van der Waals surface area contributed by atoms with Gasteiger partial charge in [-0.05, 0) is 62.4 Å². The second-order valence-electron chi connectivity index (χ2n) is 8.98. The third kappa shape index (κ3) is 4.55. The maximum absolute atomic E-state index is 12.9. The monoisotopic (exact) mass is 455 g/mol. The summed E-state index contributed by atoms with van der Waals surface area (Å²) in [5.41, 5.74) is 5.06. The van der Waals surface area contributed by atoms with E-state index in [-0.39, 0.29) is 11.6 Å². The van der Waals surface area contributed by atoms with Gasteiger partial charge in [0.15, 0.2) is 5.69 Å². The molecule has 0 spiro atoms. The van der Waals surface area contributed by atoms with Gasteiger partial charge in [0.2, 0.25) is 0 Å². The summed E-state index contributed by atoms with van der Waals surface area (Å²) in [6, 6.07) is 18.0. The van der Waals surface area contributed by atoms with Gasteiger partial charge < -0.3 is 10.2 Å². The lowest BCUT2D eigenvalue weighted by atomic mass is 10.1. The molecular weight excluding hydrogens is 426 g/mol. The van der Waals surface area contributed by atoms with Crippen LogP contribution in [0.25, 0.3) is 16.6 Å². The lowest BCUT2D eigenvalue weighted by Gasteiger charge is -2.32. The summed E-state index contributed by atoms with van der Waals surface area (Å²) in [6.45, 7) is 9.19. The normalized spacial score (nSPS) is 15.0. The summed E-state index contributed by atoms with van der Waals surface area (Å²) in [7, 11) is 2.17. The van der Waals surface area contributed by atoms with Crippen molar-refractivity contribution in [2.45, 2.75) is 20.4 Å². The van der Waals surface area contributed by atoms with Gasteiger partial charge in [-0.15, -0.1) is 5.10 Å². The van der Waals surface area contributed by atoms with Crippen LogP contribution in [0.3, 0.4) is 0 Å². The molecule has 1 N–H and O–H groups in total. The molecule has 5 rings (SSSR count). The van der Waals surface area contributed by atoms with Gasteiger partial charge in [0, 0.05) is 38.1 Å². The highest BCUT2D eigenvalue weighted by molar-refractivity contribution is 6.03. The molecule has 1 saturated heterocycles. The third-order valence-corrected chi connectivity index (χ3v) is 6.45. The Morgan fingerprint density at radius 2 is 1.79 bits per heavy atom. The zero-order valence-electron chi connectivity index (χ0n) is 19.8. The number of aromatic nitrogens is 4. The number of nitrogens with zero attached hydrogens (tertiary/aromatic N) is 6. The lowest BCUT2D eigenvalue weighted by Crippen LogP contribution is -2.43. The van der Waals surface area contributed by atoms with Gasteiger partial charge in [0.1, 0.15) is 5.82 Å². The molecule has 0 saturated carbocycles. The average molecular weight is 456 g/mol. The van der Waals surface area contributed by atoms with Gasteiger partial charge in [-0.1, -0.05) is 29.5 Å². The standard InChI is InChI=1S/C26H29N7O/c1-18-6-4-5-7-23(18)33-19(2)25(29-30-33)26(34)28-24-11-9-21-16-20(8-10-22(21)27-24)17-32-14-12-31(3)13-15-32/h4-11,16H,12-15,17H2,1-3H3,(H,27,28,34). The summed E-state index contributed by atoms with van der Waals surface area (Å²) in [5, 5.41) is 12.3. The number of carbonyl (C=O) groups excluding carboxylic acids is 1. The fourth-order valence-electron chi connectivity index (χ4n) is 4.35. The molecule has 174 valence electrons. The Kier molecular flexibility index (Phi) is 6.08. The van der Waals surface area contributed by atoms with Crippen LogP contribution in [-0.4, -0.2) is 68.9 Å². The number of fused-ring (bicyclic) bond motifs is 1. The largest absolute Gasteiger partial charge is 0.305 e. The number of para-hydroxylation sites is 1. The van der Waals surface area contributed by atoms with Crippen molar-refractivity contribution in [3.8, 4) is 5.69 Å². The van der Waals surface area contributed by atoms with E-state index in [9.17, 15) is 4.79 Å². The molecular formula is C26H29N7O. The van der Waals surface area contributed by atoms with E-state index in [1.807, 2.05) is 56.3 Å². The zero-order chi connectivity index (χ0) is 23.7. The molecule has 1 fully saturated rings. The Labute approximate surface area is 199 Å². The van der Waals surface area contributed by atoms with E-state index >= 15 is 0 Å². The zero-order valence-corrected chi connectivity index (χ0v) is 19.8. The number of hydrogen-bond donors (Lipinski definition) is 1. The maximum atomic E-state index is 12.9. The van der Waals surface area contributed by atoms with Crippen LogP contribution in [0.2, 0.25) is 0 Å². The number of rotatable bonds is 5. The predicted molar refractivity (Wildman–Crippen MR) is 133 cm³/mol. The van der Waals surface area contributed by atoms with E-state index in [1.165, 1.54) is 5.56 Å². The molecule has 8 nitrogen and oxygen atoms in total. The molecule has 34 heavy (non-hydrogen) atoms. The Hall–Kier alpha value is -3.62. The number of amides is 1. The molecule has 1 aliphatic rings. The van der Waals surface area contributed by atoms with E-state index in [2.05, 4.69) is 49.6 Å². The van der Waals surface area contributed by atoms with Crippen molar-refractivity contribution in [3.05, 3.63) is 77.1 Å². The van der Waals surface area contributed by atoms with E-state index in [1.54, 1.807) is 4.68 Å². The van der Waals surface area contributed by atoms with Crippen LogP contribution in [-0.2, 0) is 6.54 Å². The number of nitrogens with one attached hydrogen (secondary N) is 1. The lowest BCUT2D eigenvalue weighted by molar-refractivity contribution is 0.102. The van der Waals surface area contributed by atoms with Gasteiger partial charge >= 0.3 is 0 Å². The number of anilines is 1. The van der Waals surface area contributed by atoms with Crippen LogP contribution in [0, 0.1) is 13.8 Å². The average Bonchev–Trinajstić information content (AvgIpc) is 3.22. The molecule has 2 aromatic carbocycles. The smallest absolute Gasteiger partial charge is 0.279 e. The van der Waals surface area contributed by atoms with Crippen molar-refractivity contribution in [3.63, 3.8) is 0 Å². The molecule has 2 aromatic heterocycles. The topological polar surface area (TPSA) is 79.2 Å². The Balaban J connectivity index is 1.30. The molecule has 0 radical (unpaired) electrons. The summed E-state index contributed by atoms with van der Waals surface area (Å²) < 4.78 is 1.69. The fourth-order valence-corrected chi connectivity index (χ4v) is 4.35. The highest BCUT2D eigenvalue weighted by atomic mass is 16.2. The fraction of sp³-hybridized carbons (Fsp3) is 0.308. The molecule has 0 bridgehead atoms. The van der Waals surface area contributed by atoms with Gasteiger partial charge in [0.25, 0.3) is 5.91 Å². The number of hydrogen-bond acceptors (Lipinski definition) is 6.